The molecule has 0 fully saturated rings. The minimum absolute atomic E-state index is 0.0126. The molecule has 1 aromatic rings. The van der Waals surface area contributed by atoms with Gasteiger partial charge >= 0.3 is 0 Å². The molecule has 0 aliphatic heterocycles. The highest BCUT2D eigenvalue weighted by Crippen LogP contribution is 2.21. The first kappa shape index (κ1) is 14.8. The predicted octanol–water partition coefficient (Wildman–Crippen LogP) is 2.24. The zero-order chi connectivity index (χ0) is 13.8. The molecule has 0 aromatic heterocycles. The normalized spacial score (nSPS) is 13.3. The minimum Gasteiger partial charge on any atom is -0.497 e. The van der Waals surface area contributed by atoms with Crippen molar-refractivity contribution < 1.29 is 13.2 Å². The zero-order valence-corrected chi connectivity index (χ0v) is 12.0. The van der Waals surface area contributed by atoms with Crippen molar-refractivity contribution in [3.63, 3.8) is 0 Å². The Morgan fingerprint density at radius 1 is 1.33 bits per heavy atom. The zero-order valence-electron chi connectivity index (χ0n) is 11.1. The van der Waals surface area contributed by atoms with Gasteiger partial charge in [-0.3, -0.25) is 0 Å². The molecule has 102 valence electrons. The van der Waals surface area contributed by atoms with E-state index in [1.165, 1.54) is 7.11 Å². The summed E-state index contributed by atoms with van der Waals surface area (Å²) in [5.41, 5.74) is 6.90. The van der Waals surface area contributed by atoms with E-state index in [4.69, 9.17) is 10.5 Å². The predicted molar refractivity (Wildman–Crippen MR) is 74.4 cm³/mol. The summed E-state index contributed by atoms with van der Waals surface area (Å²) in [6, 6.07) is 5.06. The standard InChI is InChI=1S/C13H21NO3S/c1-4-10(2)8-18(15,16)9-11-5-12(14)7-13(6-11)17-3/h5-7,10H,4,8-9,14H2,1-3H3. The fraction of sp³-hybridized carbons (Fsp3) is 0.538. The SMILES string of the molecule is CCC(C)CS(=O)(=O)Cc1cc(N)cc(OC)c1. The first-order valence-corrected chi connectivity index (χ1v) is 7.82. The molecule has 0 spiro atoms. The number of hydrogen-bond acceptors (Lipinski definition) is 4. The van der Waals surface area contributed by atoms with Gasteiger partial charge in [-0.15, -0.1) is 0 Å². The van der Waals surface area contributed by atoms with Crippen LogP contribution in [0.5, 0.6) is 5.75 Å². The summed E-state index contributed by atoms with van der Waals surface area (Å²) in [4.78, 5) is 0. The Bertz CT molecular complexity index is 497. The molecule has 4 nitrogen and oxygen atoms in total. The molecule has 1 rings (SSSR count). The molecule has 1 aromatic carbocycles. The molecule has 1 atom stereocenters. The molecule has 0 aliphatic rings. The third-order valence-corrected chi connectivity index (χ3v) is 4.70. The third-order valence-electron chi connectivity index (χ3n) is 2.85. The van der Waals surface area contributed by atoms with Crippen LogP contribution in [-0.4, -0.2) is 21.3 Å². The lowest BCUT2D eigenvalue weighted by atomic mass is 10.2. The fourth-order valence-corrected chi connectivity index (χ4v) is 3.65. The van der Waals surface area contributed by atoms with Crippen LogP contribution in [0, 0.1) is 5.92 Å². The van der Waals surface area contributed by atoms with Crippen molar-refractivity contribution in [3.8, 4) is 5.75 Å². The van der Waals surface area contributed by atoms with Crippen molar-refractivity contribution >= 4 is 15.5 Å². The number of ether oxygens (including phenoxy) is 1. The van der Waals surface area contributed by atoms with Gasteiger partial charge in [0.15, 0.2) is 9.84 Å². The van der Waals surface area contributed by atoms with Crippen LogP contribution in [0.3, 0.4) is 0 Å². The summed E-state index contributed by atoms with van der Waals surface area (Å²) in [6.07, 6.45) is 0.861. The molecular weight excluding hydrogens is 250 g/mol. The molecule has 0 saturated carbocycles. The summed E-state index contributed by atoms with van der Waals surface area (Å²) in [5, 5.41) is 0. The summed E-state index contributed by atoms with van der Waals surface area (Å²) in [7, 11) is -1.56. The molecule has 0 radical (unpaired) electrons. The Morgan fingerprint density at radius 3 is 2.56 bits per heavy atom. The first-order valence-electron chi connectivity index (χ1n) is 6.00. The van der Waals surface area contributed by atoms with E-state index in [0.29, 0.717) is 17.0 Å². The van der Waals surface area contributed by atoms with Gasteiger partial charge in [-0.05, 0) is 23.6 Å². The highest BCUT2D eigenvalue weighted by molar-refractivity contribution is 7.90. The van der Waals surface area contributed by atoms with E-state index in [9.17, 15) is 8.42 Å². The number of sulfone groups is 1. The third kappa shape index (κ3) is 4.56. The topological polar surface area (TPSA) is 69.4 Å². The van der Waals surface area contributed by atoms with E-state index >= 15 is 0 Å². The molecule has 0 heterocycles. The van der Waals surface area contributed by atoms with Crippen molar-refractivity contribution in [2.24, 2.45) is 5.92 Å². The van der Waals surface area contributed by atoms with Crippen LogP contribution in [0.25, 0.3) is 0 Å². The van der Waals surface area contributed by atoms with E-state index in [1.807, 2.05) is 13.8 Å². The van der Waals surface area contributed by atoms with E-state index in [2.05, 4.69) is 0 Å². The van der Waals surface area contributed by atoms with Crippen molar-refractivity contribution in [1.82, 2.24) is 0 Å². The Labute approximate surface area is 109 Å². The molecule has 2 N–H and O–H groups in total. The highest BCUT2D eigenvalue weighted by Gasteiger charge is 2.16. The van der Waals surface area contributed by atoms with Crippen LogP contribution in [0.4, 0.5) is 5.69 Å². The molecule has 5 heteroatoms. The lowest BCUT2D eigenvalue weighted by Gasteiger charge is -2.11. The number of benzene rings is 1. The van der Waals surface area contributed by atoms with Gasteiger partial charge < -0.3 is 10.5 Å². The van der Waals surface area contributed by atoms with Gasteiger partial charge in [0.25, 0.3) is 0 Å². The highest BCUT2D eigenvalue weighted by atomic mass is 32.2. The number of methoxy groups -OCH3 is 1. The minimum atomic E-state index is -3.10. The number of nitrogens with two attached hydrogens (primary N) is 1. The maximum absolute atomic E-state index is 12.0. The van der Waals surface area contributed by atoms with E-state index in [1.54, 1.807) is 18.2 Å². The van der Waals surface area contributed by atoms with Crippen molar-refractivity contribution in [3.05, 3.63) is 23.8 Å². The second kappa shape index (κ2) is 6.09. The Balaban J connectivity index is 2.87. The Morgan fingerprint density at radius 2 is 2.00 bits per heavy atom. The maximum Gasteiger partial charge on any atom is 0.154 e. The lowest BCUT2D eigenvalue weighted by Crippen LogP contribution is -2.15. The van der Waals surface area contributed by atoms with Crippen LogP contribution < -0.4 is 10.5 Å². The van der Waals surface area contributed by atoms with Crippen molar-refractivity contribution in [1.29, 1.82) is 0 Å². The van der Waals surface area contributed by atoms with E-state index in [-0.39, 0.29) is 17.4 Å². The van der Waals surface area contributed by atoms with Gasteiger partial charge in [-0.1, -0.05) is 20.3 Å². The van der Waals surface area contributed by atoms with Crippen molar-refractivity contribution in [2.75, 3.05) is 18.6 Å². The lowest BCUT2D eigenvalue weighted by molar-refractivity contribution is 0.414. The van der Waals surface area contributed by atoms with Gasteiger partial charge in [0.2, 0.25) is 0 Å². The molecule has 1 unspecified atom stereocenters. The van der Waals surface area contributed by atoms with Gasteiger partial charge in [0.1, 0.15) is 5.75 Å². The second-order valence-electron chi connectivity index (χ2n) is 4.68. The van der Waals surface area contributed by atoms with Crippen LogP contribution in [0.1, 0.15) is 25.8 Å². The maximum atomic E-state index is 12.0. The largest absolute Gasteiger partial charge is 0.497 e. The van der Waals surface area contributed by atoms with Gasteiger partial charge in [-0.2, -0.15) is 0 Å². The molecule has 0 bridgehead atoms. The first-order chi connectivity index (χ1) is 8.36. The van der Waals surface area contributed by atoms with E-state index < -0.39 is 9.84 Å². The number of nitrogen functional groups attached to an aromatic ring is 1. The quantitative estimate of drug-likeness (QED) is 0.806. The average Bonchev–Trinajstić information content (AvgIpc) is 2.26. The van der Waals surface area contributed by atoms with Crippen LogP contribution >= 0.6 is 0 Å². The molecule has 0 amide bonds. The summed E-state index contributed by atoms with van der Waals surface area (Å²) in [6.45, 7) is 3.93. The number of anilines is 1. The van der Waals surface area contributed by atoms with Crippen LogP contribution in [0.2, 0.25) is 0 Å². The van der Waals surface area contributed by atoms with Gasteiger partial charge in [0.05, 0.1) is 18.6 Å². The Hall–Kier alpha value is -1.23. The van der Waals surface area contributed by atoms with Gasteiger partial charge in [0, 0.05) is 11.8 Å². The van der Waals surface area contributed by atoms with Crippen LogP contribution in [-0.2, 0) is 15.6 Å². The molecule has 0 aliphatic carbocycles. The summed E-state index contributed by atoms with van der Waals surface area (Å²) in [5.74, 6) is 0.987. The fourth-order valence-electron chi connectivity index (χ4n) is 1.75. The summed E-state index contributed by atoms with van der Waals surface area (Å²) < 4.78 is 29.1. The van der Waals surface area contributed by atoms with Crippen molar-refractivity contribution in [2.45, 2.75) is 26.0 Å². The average molecular weight is 271 g/mol. The second-order valence-corrected chi connectivity index (χ2v) is 6.79. The van der Waals surface area contributed by atoms with E-state index in [0.717, 1.165) is 6.42 Å². The molecule has 18 heavy (non-hydrogen) atoms. The number of rotatable bonds is 6. The monoisotopic (exact) mass is 271 g/mol. The molecule has 0 saturated heterocycles. The van der Waals surface area contributed by atoms with Crippen LogP contribution in [0.15, 0.2) is 18.2 Å². The van der Waals surface area contributed by atoms with Gasteiger partial charge in [-0.25, -0.2) is 8.42 Å². The smallest absolute Gasteiger partial charge is 0.154 e. The number of hydrogen-bond donors (Lipinski definition) is 1. The molecular formula is C13H21NO3S. The Kier molecular flexibility index (Phi) is 5.02. The summed E-state index contributed by atoms with van der Waals surface area (Å²) >= 11 is 0.